The van der Waals surface area contributed by atoms with E-state index in [9.17, 15) is 0 Å². The van der Waals surface area contributed by atoms with Crippen LogP contribution in [-0.2, 0) is 43.5 Å². The molecule has 3 aromatic carbocycles. The van der Waals surface area contributed by atoms with Gasteiger partial charge in [-0.3, -0.25) is 0 Å². The molecule has 3 aromatic rings. The lowest BCUT2D eigenvalue weighted by Crippen LogP contribution is -2.39. The fourth-order valence-corrected chi connectivity index (χ4v) is 3.79. The third-order valence-corrected chi connectivity index (χ3v) is 5.46. The second-order valence-corrected chi connectivity index (χ2v) is 7.80. The molecule has 0 amide bonds. The van der Waals surface area contributed by atoms with Gasteiger partial charge in [0.15, 0.2) is 6.29 Å². The number of hydrogen-bond acceptors (Lipinski definition) is 5. The minimum absolute atomic E-state index is 0.298. The zero-order valence-corrected chi connectivity index (χ0v) is 18.3. The van der Waals surface area contributed by atoms with Crippen LogP contribution < -0.4 is 0 Å². The van der Waals surface area contributed by atoms with Crippen LogP contribution in [0.3, 0.4) is 0 Å². The van der Waals surface area contributed by atoms with Crippen LogP contribution in [0.1, 0.15) is 16.7 Å². The first kappa shape index (κ1) is 22.6. The maximum atomic E-state index is 6.33. The average molecular weight is 435 g/mol. The van der Waals surface area contributed by atoms with Crippen molar-refractivity contribution in [3.63, 3.8) is 0 Å². The Morgan fingerprint density at radius 1 is 0.625 bits per heavy atom. The lowest BCUT2D eigenvalue weighted by Gasteiger charge is -2.24. The minimum atomic E-state index is -0.523. The highest BCUT2D eigenvalue weighted by atomic mass is 16.7. The van der Waals surface area contributed by atoms with Crippen LogP contribution in [-0.4, -0.2) is 38.3 Å². The smallest absolute Gasteiger partial charge is 0.186 e. The predicted molar refractivity (Wildman–Crippen MR) is 122 cm³/mol. The Kier molecular flexibility index (Phi) is 8.42. The second-order valence-electron chi connectivity index (χ2n) is 7.80. The maximum Gasteiger partial charge on any atom is 0.186 e. The summed E-state index contributed by atoms with van der Waals surface area (Å²) in [6.07, 6.45) is -1.51. The van der Waals surface area contributed by atoms with Gasteiger partial charge in [0.2, 0.25) is 0 Å². The number of methoxy groups -OCH3 is 1. The first-order chi connectivity index (χ1) is 15.8. The third-order valence-electron chi connectivity index (χ3n) is 5.46. The maximum absolute atomic E-state index is 6.33. The SMILES string of the molecule is COC1O[C@H](COCc2ccccc2)[C@@H](OCc2ccccc2)[C@H]1OCc1ccccc1. The van der Waals surface area contributed by atoms with Gasteiger partial charge in [-0.1, -0.05) is 91.0 Å². The Morgan fingerprint density at radius 3 is 1.59 bits per heavy atom. The van der Waals surface area contributed by atoms with Gasteiger partial charge in [-0.25, -0.2) is 0 Å². The van der Waals surface area contributed by atoms with Gasteiger partial charge in [0.25, 0.3) is 0 Å². The van der Waals surface area contributed by atoms with Crippen LogP contribution in [0.5, 0.6) is 0 Å². The third kappa shape index (κ3) is 6.25. The molecular weight excluding hydrogens is 404 g/mol. The molecule has 5 heteroatoms. The van der Waals surface area contributed by atoms with Gasteiger partial charge >= 0.3 is 0 Å². The summed E-state index contributed by atoms with van der Waals surface area (Å²) >= 11 is 0. The van der Waals surface area contributed by atoms with Crippen LogP contribution in [0.4, 0.5) is 0 Å². The van der Waals surface area contributed by atoms with E-state index in [2.05, 4.69) is 0 Å². The van der Waals surface area contributed by atoms with Crippen molar-refractivity contribution in [2.45, 2.75) is 44.4 Å². The topological polar surface area (TPSA) is 46.2 Å². The summed E-state index contributed by atoms with van der Waals surface area (Å²) in [4.78, 5) is 0. The molecule has 1 unspecified atom stereocenters. The standard InChI is InChI=1S/C27H30O5/c1-28-27-26(31-19-23-15-9-4-10-16-23)25(30-18-22-13-7-3-8-14-22)24(32-27)20-29-17-21-11-5-2-6-12-21/h2-16,24-27H,17-20H2,1H3/t24-,25-,26-,27?/m1/s1. The molecule has 1 aliphatic heterocycles. The van der Waals surface area contributed by atoms with Gasteiger partial charge in [-0.2, -0.15) is 0 Å². The Labute approximate surface area is 189 Å². The van der Waals surface area contributed by atoms with E-state index in [1.165, 1.54) is 0 Å². The Hall–Kier alpha value is -2.54. The van der Waals surface area contributed by atoms with E-state index in [0.717, 1.165) is 16.7 Å². The fraction of sp³-hybridized carbons (Fsp3) is 0.333. The summed E-state index contributed by atoms with van der Waals surface area (Å²) in [6.45, 7) is 1.82. The number of ether oxygens (including phenoxy) is 5. The van der Waals surface area contributed by atoms with E-state index in [1.54, 1.807) is 7.11 Å². The highest BCUT2D eigenvalue weighted by Crippen LogP contribution is 2.29. The summed E-state index contributed by atoms with van der Waals surface area (Å²) in [5.74, 6) is 0. The fourth-order valence-electron chi connectivity index (χ4n) is 3.79. The number of rotatable bonds is 11. The molecule has 1 aliphatic rings. The quantitative estimate of drug-likeness (QED) is 0.436. The summed E-state index contributed by atoms with van der Waals surface area (Å²) in [6, 6.07) is 30.3. The lowest BCUT2D eigenvalue weighted by atomic mass is 10.1. The first-order valence-electron chi connectivity index (χ1n) is 10.9. The number of hydrogen-bond donors (Lipinski definition) is 0. The summed E-state index contributed by atoms with van der Waals surface area (Å²) in [5, 5.41) is 0. The number of benzene rings is 3. The minimum Gasteiger partial charge on any atom is -0.374 e. The van der Waals surface area contributed by atoms with Gasteiger partial charge < -0.3 is 23.7 Å². The predicted octanol–water partition coefficient (Wildman–Crippen LogP) is 4.75. The van der Waals surface area contributed by atoms with Gasteiger partial charge in [-0.15, -0.1) is 0 Å². The van der Waals surface area contributed by atoms with Crippen molar-refractivity contribution in [2.75, 3.05) is 13.7 Å². The lowest BCUT2D eigenvalue weighted by molar-refractivity contribution is -0.170. The Morgan fingerprint density at radius 2 is 1.09 bits per heavy atom. The Balaban J connectivity index is 1.42. The van der Waals surface area contributed by atoms with Crippen molar-refractivity contribution >= 4 is 0 Å². The zero-order chi connectivity index (χ0) is 22.0. The second kappa shape index (κ2) is 11.9. The highest BCUT2D eigenvalue weighted by molar-refractivity contribution is 5.15. The van der Waals surface area contributed by atoms with Crippen molar-refractivity contribution in [2.24, 2.45) is 0 Å². The molecule has 1 saturated heterocycles. The van der Waals surface area contributed by atoms with E-state index < -0.39 is 6.29 Å². The van der Waals surface area contributed by atoms with Crippen molar-refractivity contribution in [1.29, 1.82) is 0 Å². The summed E-state index contributed by atoms with van der Waals surface area (Å²) in [5.41, 5.74) is 3.31. The van der Waals surface area contributed by atoms with E-state index in [1.807, 2.05) is 91.0 Å². The van der Waals surface area contributed by atoms with E-state index >= 15 is 0 Å². The van der Waals surface area contributed by atoms with Crippen LogP contribution in [0.25, 0.3) is 0 Å². The molecule has 0 bridgehead atoms. The zero-order valence-electron chi connectivity index (χ0n) is 18.3. The highest BCUT2D eigenvalue weighted by Gasteiger charge is 2.46. The molecule has 32 heavy (non-hydrogen) atoms. The molecule has 0 saturated carbocycles. The molecule has 0 radical (unpaired) electrons. The monoisotopic (exact) mass is 434 g/mol. The molecule has 0 aromatic heterocycles. The Bertz CT molecular complexity index is 903. The van der Waals surface area contributed by atoms with Crippen molar-refractivity contribution < 1.29 is 23.7 Å². The van der Waals surface area contributed by atoms with E-state index in [4.69, 9.17) is 23.7 Å². The van der Waals surface area contributed by atoms with Crippen molar-refractivity contribution in [3.8, 4) is 0 Å². The van der Waals surface area contributed by atoms with E-state index in [-0.39, 0.29) is 18.3 Å². The van der Waals surface area contributed by atoms with Crippen molar-refractivity contribution in [1.82, 2.24) is 0 Å². The molecular formula is C27H30O5. The molecule has 4 rings (SSSR count). The van der Waals surface area contributed by atoms with E-state index in [0.29, 0.717) is 26.4 Å². The van der Waals surface area contributed by atoms with Gasteiger partial charge in [0.1, 0.15) is 18.3 Å². The average Bonchev–Trinajstić information content (AvgIpc) is 3.19. The molecule has 0 spiro atoms. The van der Waals surface area contributed by atoms with Crippen LogP contribution in [0.2, 0.25) is 0 Å². The molecule has 1 heterocycles. The molecule has 4 atom stereocenters. The largest absolute Gasteiger partial charge is 0.374 e. The molecule has 0 N–H and O–H groups in total. The molecule has 0 aliphatic carbocycles. The van der Waals surface area contributed by atoms with Crippen LogP contribution in [0, 0.1) is 0 Å². The normalized spacial score (nSPS) is 22.8. The van der Waals surface area contributed by atoms with Gasteiger partial charge in [-0.05, 0) is 16.7 Å². The molecule has 1 fully saturated rings. The molecule has 168 valence electrons. The van der Waals surface area contributed by atoms with Crippen molar-refractivity contribution in [3.05, 3.63) is 108 Å². The first-order valence-corrected chi connectivity index (χ1v) is 10.9. The van der Waals surface area contributed by atoms with Gasteiger partial charge in [0.05, 0.1) is 26.4 Å². The molecule has 5 nitrogen and oxygen atoms in total. The summed E-state index contributed by atoms with van der Waals surface area (Å²) < 4.78 is 30.3. The van der Waals surface area contributed by atoms with Crippen LogP contribution >= 0.6 is 0 Å². The van der Waals surface area contributed by atoms with Crippen LogP contribution in [0.15, 0.2) is 91.0 Å². The summed E-state index contributed by atoms with van der Waals surface area (Å²) in [7, 11) is 1.63. The van der Waals surface area contributed by atoms with Gasteiger partial charge in [0, 0.05) is 7.11 Å².